The minimum absolute atomic E-state index is 0.0583. The van der Waals surface area contributed by atoms with Crippen molar-refractivity contribution >= 4 is 29.1 Å². The molecule has 0 fully saturated rings. The molecule has 0 aliphatic heterocycles. The molecule has 96 valence electrons. The fourth-order valence-electron chi connectivity index (χ4n) is 1.22. The summed E-state index contributed by atoms with van der Waals surface area (Å²) in [5.74, 6) is -0.424. The highest BCUT2D eigenvalue weighted by Gasteiger charge is 2.16. The number of rotatable bonds is 3. The Hall–Kier alpha value is -2.64. The number of hydrogen-bond donors (Lipinski definition) is 2. The molecule has 0 unspecified atom stereocenters. The predicted molar refractivity (Wildman–Crippen MR) is 63.4 cm³/mol. The molecule has 0 radical (unpaired) electrons. The van der Waals surface area contributed by atoms with E-state index in [0.717, 1.165) is 6.07 Å². The third-order valence-electron chi connectivity index (χ3n) is 1.94. The second kappa shape index (κ2) is 5.62. The number of carbonyl (C=O) groups is 2. The lowest BCUT2D eigenvalue weighted by Gasteiger charge is -2.07. The van der Waals surface area contributed by atoms with E-state index in [9.17, 15) is 19.7 Å². The first kappa shape index (κ1) is 13.4. The van der Waals surface area contributed by atoms with Crippen LogP contribution in [0.5, 0.6) is 0 Å². The summed E-state index contributed by atoms with van der Waals surface area (Å²) in [6.45, 7) is 1.24. The summed E-state index contributed by atoms with van der Waals surface area (Å²) in [5.41, 5.74) is -0.0651. The van der Waals surface area contributed by atoms with E-state index in [1.54, 1.807) is 0 Å². The topological polar surface area (TPSA) is 111 Å². The molecule has 0 aliphatic carbocycles. The summed E-state index contributed by atoms with van der Waals surface area (Å²) in [7, 11) is 1.18. The SMILES string of the molecule is COC(=O)Nc1ccc(NC(C)=O)c([N+](=O)[O-])c1. The van der Waals surface area contributed by atoms with E-state index in [-0.39, 0.29) is 17.1 Å². The molecular weight excluding hydrogens is 242 g/mol. The lowest BCUT2D eigenvalue weighted by atomic mass is 10.2. The van der Waals surface area contributed by atoms with Crippen LogP contribution in [-0.4, -0.2) is 24.0 Å². The van der Waals surface area contributed by atoms with Gasteiger partial charge in [0.05, 0.1) is 17.7 Å². The van der Waals surface area contributed by atoms with Crippen LogP contribution in [0.4, 0.5) is 21.9 Å². The van der Waals surface area contributed by atoms with Gasteiger partial charge in [0.15, 0.2) is 0 Å². The third-order valence-corrected chi connectivity index (χ3v) is 1.94. The number of anilines is 2. The smallest absolute Gasteiger partial charge is 0.411 e. The van der Waals surface area contributed by atoms with Crippen LogP contribution < -0.4 is 10.6 Å². The van der Waals surface area contributed by atoms with Crippen LogP contribution in [0.3, 0.4) is 0 Å². The van der Waals surface area contributed by atoms with E-state index in [1.165, 1.54) is 26.2 Å². The van der Waals surface area contributed by atoms with Crippen LogP contribution in [-0.2, 0) is 9.53 Å². The Labute approximate surface area is 102 Å². The van der Waals surface area contributed by atoms with Crippen molar-refractivity contribution in [3.05, 3.63) is 28.3 Å². The average molecular weight is 253 g/mol. The van der Waals surface area contributed by atoms with Crippen molar-refractivity contribution in [1.29, 1.82) is 0 Å². The minimum Gasteiger partial charge on any atom is -0.453 e. The van der Waals surface area contributed by atoms with E-state index in [0.29, 0.717) is 0 Å². The van der Waals surface area contributed by atoms with Gasteiger partial charge in [-0.05, 0) is 12.1 Å². The number of amides is 2. The van der Waals surface area contributed by atoms with Gasteiger partial charge in [0.25, 0.3) is 5.69 Å². The number of nitrogens with one attached hydrogen (secondary N) is 2. The molecule has 0 bridgehead atoms. The largest absolute Gasteiger partial charge is 0.453 e. The standard InChI is InChI=1S/C10H11N3O5/c1-6(14)11-8-4-3-7(12-10(15)18-2)5-9(8)13(16)17/h3-5H,1-2H3,(H,11,14)(H,12,15). The maximum absolute atomic E-state index is 11.0. The van der Waals surface area contributed by atoms with Gasteiger partial charge in [-0.25, -0.2) is 4.79 Å². The summed E-state index contributed by atoms with van der Waals surface area (Å²) >= 11 is 0. The number of nitrogens with zero attached hydrogens (tertiary/aromatic N) is 1. The molecule has 0 aromatic heterocycles. The van der Waals surface area contributed by atoms with E-state index < -0.39 is 16.9 Å². The van der Waals surface area contributed by atoms with Crippen molar-refractivity contribution in [2.75, 3.05) is 17.7 Å². The zero-order valence-electron chi connectivity index (χ0n) is 9.72. The second-order valence-corrected chi connectivity index (χ2v) is 3.29. The van der Waals surface area contributed by atoms with Crippen molar-refractivity contribution in [2.24, 2.45) is 0 Å². The summed E-state index contributed by atoms with van der Waals surface area (Å²) in [4.78, 5) is 32.0. The number of ether oxygens (including phenoxy) is 1. The van der Waals surface area contributed by atoms with Crippen molar-refractivity contribution in [1.82, 2.24) is 0 Å². The number of benzene rings is 1. The van der Waals surface area contributed by atoms with E-state index in [1.807, 2.05) is 0 Å². The fraction of sp³-hybridized carbons (Fsp3) is 0.200. The predicted octanol–water partition coefficient (Wildman–Crippen LogP) is 1.73. The van der Waals surface area contributed by atoms with Gasteiger partial charge in [-0.15, -0.1) is 0 Å². The van der Waals surface area contributed by atoms with E-state index in [2.05, 4.69) is 15.4 Å². The van der Waals surface area contributed by atoms with Gasteiger partial charge < -0.3 is 10.1 Å². The van der Waals surface area contributed by atoms with Gasteiger partial charge in [0, 0.05) is 13.0 Å². The maximum atomic E-state index is 11.0. The van der Waals surface area contributed by atoms with Gasteiger partial charge in [-0.1, -0.05) is 0 Å². The molecule has 18 heavy (non-hydrogen) atoms. The molecule has 0 heterocycles. The third kappa shape index (κ3) is 3.44. The lowest BCUT2D eigenvalue weighted by molar-refractivity contribution is -0.383. The van der Waals surface area contributed by atoms with Crippen LogP contribution in [0.1, 0.15) is 6.92 Å². The van der Waals surface area contributed by atoms with Gasteiger partial charge in [0.1, 0.15) is 5.69 Å². The van der Waals surface area contributed by atoms with Gasteiger partial charge >= 0.3 is 6.09 Å². The van der Waals surface area contributed by atoms with Crippen molar-refractivity contribution in [3.63, 3.8) is 0 Å². The molecular formula is C10H11N3O5. The summed E-state index contributed by atoms with van der Waals surface area (Å²) in [5, 5.41) is 15.4. The number of hydrogen-bond acceptors (Lipinski definition) is 5. The molecule has 0 saturated carbocycles. The van der Waals surface area contributed by atoms with Gasteiger partial charge in [0.2, 0.25) is 5.91 Å². The first-order chi connectivity index (χ1) is 8.43. The fourth-order valence-corrected chi connectivity index (χ4v) is 1.22. The Morgan fingerprint density at radius 1 is 1.33 bits per heavy atom. The molecule has 0 saturated heterocycles. The van der Waals surface area contributed by atoms with E-state index in [4.69, 9.17) is 0 Å². The number of nitro benzene ring substituents is 1. The molecule has 0 atom stereocenters. The maximum Gasteiger partial charge on any atom is 0.411 e. The van der Waals surface area contributed by atoms with Crippen LogP contribution >= 0.6 is 0 Å². The van der Waals surface area contributed by atoms with Crippen LogP contribution in [0.15, 0.2) is 18.2 Å². The monoisotopic (exact) mass is 253 g/mol. The summed E-state index contributed by atoms with van der Waals surface area (Å²) in [6, 6.07) is 3.86. The molecule has 8 heteroatoms. The van der Waals surface area contributed by atoms with Crippen molar-refractivity contribution < 1.29 is 19.2 Å². The Kier molecular flexibility index (Phi) is 4.19. The van der Waals surface area contributed by atoms with Crippen molar-refractivity contribution in [3.8, 4) is 0 Å². The minimum atomic E-state index is -0.739. The van der Waals surface area contributed by atoms with Crippen LogP contribution in [0.25, 0.3) is 0 Å². The molecule has 2 N–H and O–H groups in total. The first-order valence-electron chi connectivity index (χ1n) is 4.85. The quantitative estimate of drug-likeness (QED) is 0.629. The molecule has 1 aromatic rings. The normalized spacial score (nSPS) is 9.44. The number of carbonyl (C=O) groups excluding carboxylic acids is 2. The zero-order chi connectivity index (χ0) is 13.7. The Morgan fingerprint density at radius 3 is 2.50 bits per heavy atom. The zero-order valence-corrected chi connectivity index (χ0v) is 9.72. The molecule has 2 amide bonds. The molecule has 1 aromatic carbocycles. The highest BCUT2D eigenvalue weighted by molar-refractivity contribution is 5.93. The van der Waals surface area contributed by atoms with Crippen LogP contribution in [0.2, 0.25) is 0 Å². The van der Waals surface area contributed by atoms with E-state index >= 15 is 0 Å². The molecule has 0 spiro atoms. The summed E-state index contributed by atoms with van der Waals surface area (Å²) < 4.78 is 4.36. The Morgan fingerprint density at radius 2 is 2.00 bits per heavy atom. The molecule has 0 aliphatic rings. The Balaban J connectivity index is 3.06. The van der Waals surface area contributed by atoms with Crippen molar-refractivity contribution in [2.45, 2.75) is 6.92 Å². The van der Waals surface area contributed by atoms with Crippen LogP contribution in [0, 0.1) is 10.1 Å². The number of nitro groups is 1. The summed E-state index contributed by atoms with van der Waals surface area (Å²) in [6.07, 6.45) is -0.739. The highest BCUT2D eigenvalue weighted by Crippen LogP contribution is 2.27. The van der Waals surface area contributed by atoms with Gasteiger partial charge in [-0.3, -0.25) is 20.2 Å². The average Bonchev–Trinajstić information content (AvgIpc) is 2.30. The number of methoxy groups -OCH3 is 1. The Bertz CT molecular complexity index is 500. The van der Waals surface area contributed by atoms with Gasteiger partial charge in [-0.2, -0.15) is 0 Å². The highest BCUT2D eigenvalue weighted by atomic mass is 16.6. The second-order valence-electron chi connectivity index (χ2n) is 3.29. The lowest BCUT2D eigenvalue weighted by Crippen LogP contribution is -2.12. The first-order valence-corrected chi connectivity index (χ1v) is 4.85. The molecule has 1 rings (SSSR count). The molecule has 8 nitrogen and oxygen atoms in total.